The number of amides is 3. The third-order valence-electron chi connectivity index (χ3n) is 8.56. The van der Waals surface area contributed by atoms with Crippen molar-refractivity contribution in [1.29, 1.82) is 0 Å². The molecule has 2 heterocycles. The highest BCUT2D eigenvalue weighted by molar-refractivity contribution is 5.90. The van der Waals surface area contributed by atoms with Crippen molar-refractivity contribution in [2.75, 3.05) is 54.5 Å². The van der Waals surface area contributed by atoms with Crippen LogP contribution in [0.15, 0.2) is 66.7 Å². The van der Waals surface area contributed by atoms with Gasteiger partial charge in [0.2, 0.25) is 6.41 Å². The van der Waals surface area contributed by atoms with E-state index in [1.54, 1.807) is 6.92 Å². The molecule has 2 aliphatic rings. The topological polar surface area (TPSA) is 107 Å². The molecule has 3 unspecified atom stereocenters. The van der Waals surface area contributed by atoms with Crippen molar-refractivity contribution in [3.63, 3.8) is 0 Å². The maximum Gasteiger partial charge on any atom is 0.340 e. The van der Waals surface area contributed by atoms with E-state index >= 15 is 0 Å². The van der Waals surface area contributed by atoms with Crippen LogP contribution in [-0.4, -0.2) is 74.1 Å². The number of carbonyl (C=O) groups excluding carboxylic acids is 2. The summed E-state index contributed by atoms with van der Waals surface area (Å²) < 4.78 is 39.2. The van der Waals surface area contributed by atoms with Crippen LogP contribution < -0.4 is 25.3 Å². The molecule has 0 bridgehead atoms. The van der Waals surface area contributed by atoms with Gasteiger partial charge in [-0.25, -0.2) is 18.6 Å². The lowest BCUT2D eigenvalue weighted by Crippen LogP contribution is -2.54. The number of piperazine rings is 1. The molecule has 12 heteroatoms. The molecule has 0 saturated carbocycles. The number of hydrazine groups is 1. The molecule has 3 amide bonds. The molecular weight excluding hydrogens is 596 g/mol. The number of aliphatic hydroxyl groups is 1. The number of nitrogens with zero attached hydrogens (tertiary/aromatic N) is 3. The van der Waals surface area contributed by atoms with Crippen LogP contribution in [0.5, 0.6) is 5.75 Å². The van der Waals surface area contributed by atoms with Gasteiger partial charge in [-0.1, -0.05) is 13.0 Å². The molecule has 10 nitrogen and oxygen atoms in total. The molecule has 0 aromatic heterocycles. The zero-order valence-corrected chi connectivity index (χ0v) is 26.1. The fourth-order valence-electron chi connectivity index (χ4n) is 6.02. The Morgan fingerprint density at radius 3 is 2.24 bits per heavy atom. The van der Waals surface area contributed by atoms with Gasteiger partial charge in [-0.2, -0.15) is 0 Å². The molecular formula is C34H41F2N5O5. The number of anilines is 3. The van der Waals surface area contributed by atoms with Gasteiger partial charge < -0.3 is 29.7 Å². The Balaban J connectivity index is 1.07. The number of ether oxygens (including phenoxy) is 2. The molecule has 2 fully saturated rings. The highest BCUT2D eigenvalue weighted by Crippen LogP contribution is 2.34. The number of halogens is 2. The van der Waals surface area contributed by atoms with E-state index < -0.39 is 35.9 Å². The average molecular weight is 638 g/mol. The average Bonchev–Trinajstić information content (AvgIpc) is 3.53. The van der Waals surface area contributed by atoms with Gasteiger partial charge in [0.1, 0.15) is 17.4 Å². The number of rotatable bonds is 12. The first-order valence-electron chi connectivity index (χ1n) is 15.6. The number of hydrogen-bond donors (Lipinski definition) is 3. The Morgan fingerprint density at radius 1 is 1.04 bits per heavy atom. The van der Waals surface area contributed by atoms with Crippen LogP contribution >= 0.6 is 0 Å². The van der Waals surface area contributed by atoms with Crippen LogP contribution in [0.4, 0.5) is 30.6 Å². The predicted molar refractivity (Wildman–Crippen MR) is 172 cm³/mol. The van der Waals surface area contributed by atoms with Gasteiger partial charge in [-0.3, -0.25) is 10.2 Å². The van der Waals surface area contributed by atoms with Crippen molar-refractivity contribution in [3.8, 4) is 5.75 Å². The van der Waals surface area contributed by atoms with E-state index in [4.69, 9.17) is 9.47 Å². The second-order valence-electron chi connectivity index (χ2n) is 11.7. The lowest BCUT2D eigenvalue weighted by atomic mass is 10.0. The zero-order chi connectivity index (χ0) is 32.6. The van der Waals surface area contributed by atoms with E-state index in [9.17, 15) is 23.5 Å². The van der Waals surface area contributed by atoms with E-state index in [1.807, 2.05) is 55.5 Å². The lowest BCUT2D eigenvalue weighted by molar-refractivity contribution is -0.114. The van der Waals surface area contributed by atoms with Crippen molar-refractivity contribution >= 4 is 29.5 Å². The largest absolute Gasteiger partial charge is 0.493 e. The first-order valence-corrected chi connectivity index (χ1v) is 15.6. The summed E-state index contributed by atoms with van der Waals surface area (Å²) >= 11 is 0. The minimum absolute atomic E-state index is 0.116. The predicted octanol–water partition coefficient (Wildman–Crippen LogP) is 5.10. The van der Waals surface area contributed by atoms with Gasteiger partial charge in [0.25, 0.3) is 0 Å². The number of benzene rings is 3. The number of carbonyl (C=O) groups is 2. The van der Waals surface area contributed by atoms with Gasteiger partial charge >= 0.3 is 6.03 Å². The maximum atomic E-state index is 14.1. The van der Waals surface area contributed by atoms with Gasteiger partial charge in [0.05, 0.1) is 31.5 Å². The summed E-state index contributed by atoms with van der Waals surface area (Å²) in [5.74, 6) is -0.310. The molecule has 3 aromatic rings. The van der Waals surface area contributed by atoms with Gasteiger partial charge in [-0.15, -0.1) is 0 Å². The summed E-state index contributed by atoms with van der Waals surface area (Å²) in [4.78, 5) is 28.5. The molecule has 5 rings (SSSR count). The van der Waals surface area contributed by atoms with Gasteiger partial charge in [0.15, 0.2) is 0 Å². The first kappa shape index (κ1) is 33.0. The number of hydrogen-bond acceptors (Lipinski definition) is 7. The normalized spacial score (nSPS) is 19.3. The Morgan fingerprint density at radius 2 is 1.67 bits per heavy atom. The van der Waals surface area contributed by atoms with E-state index in [1.165, 1.54) is 12.1 Å². The summed E-state index contributed by atoms with van der Waals surface area (Å²) in [5, 5.41) is 13.9. The van der Waals surface area contributed by atoms with Crippen LogP contribution in [0, 0.1) is 17.6 Å². The smallest absolute Gasteiger partial charge is 0.340 e. The second-order valence-corrected chi connectivity index (χ2v) is 11.7. The number of nitrogens with one attached hydrogen (secondary N) is 2. The highest BCUT2D eigenvalue weighted by Gasteiger charge is 2.30. The van der Waals surface area contributed by atoms with Crippen LogP contribution in [0.1, 0.15) is 38.4 Å². The summed E-state index contributed by atoms with van der Waals surface area (Å²) in [6.07, 6.45) is 0.290. The minimum atomic E-state index is -0.814. The van der Waals surface area contributed by atoms with Crippen LogP contribution in [0.25, 0.3) is 0 Å². The Hall–Kier alpha value is -4.42. The Labute approximate surface area is 267 Å². The second kappa shape index (κ2) is 15.2. The SMILES string of the molecule is CCC(C(C)O)N(NC=O)C(=O)Nc1ccc(N2CCN(c3ccc(OC[C@@H]4COC(c5ccc(F)cc5F)C4)cc3)CC2)cc1. The standard InChI is InChI=1S/C34H41F2N5O5/c1-3-32(23(2)43)41(37-22-42)34(44)38-26-5-7-27(8-6-26)39-14-16-40(17-15-39)28-9-11-29(12-10-28)45-20-24-18-33(46-21-24)30-13-4-25(35)19-31(30)36/h4-13,19,22-24,32-33,43H,3,14-18,20-21H2,1-2H3,(H,37,42)(H,38,44)/t23?,24-,32?,33?/m1/s1. The van der Waals surface area contributed by atoms with Crippen molar-refractivity contribution in [2.24, 2.45) is 5.92 Å². The molecule has 0 aliphatic carbocycles. The maximum absolute atomic E-state index is 14.1. The van der Waals surface area contributed by atoms with Crippen molar-refractivity contribution in [3.05, 3.63) is 83.9 Å². The molecule has 46 heavy (non-hydrogen) atoms. The quantitative estimate of drug-likeness (QED) is 0.187. The molecule has 3 N–H and O–H groups in total. The Kier molecular flexibility index (Phi) is 10.9. The fourth-order valence-corrected chi connectivity index (χ4v) is 6.02. The number of urea groups is 1. The minimum Gasteiger partial charge on any atom is -0.493 e. The molecule has 246 valence electrons. The molecule has 4 atom stereocenters. The summed E-state index contributed by atoms with van der Waals surface area (Å²) in [6.45, 7) is 7.64. The number of aliphatic hydroxyl groups excluding tert-OH is 1. The highest BCUT2D eigenvalue weighted by atomic mass is 19.1. The summed E-state index contributed by atoms with van der Waals surface area (Å²) in [7, 11) is 0. The fraction of sp³-hybridized carbons (Fsp3) is 0.412. The summed E-state index contributed by atoms with van der Waals surface area (Å²) in [6, 6.07) is 18.0. The van der Waals surface area contributed by atoms with E-state index in [-0.39, 0.29) is 5.92 Å². The summed E-state index contributed by atoms with van der Waals surface area (Å²) in [5.41, 5.74) is 5.49. The van der Waals surface area contributed by atoms with Gasteiger partial charge in [-0.05, 0) is 74.4 Å². The third-order valence-corrected chi connectivity index (χ3v) is 8.56. The zero-order valence-electron chi connectivity index (χ0n) is 26.1. The molecule has 0 spiro atoms. The molecule has 2 saturated heterocycles. The monoisotopic (exact) mass is 637 g/mol. The van der Waals surface area contributed by atoms with Crippen LogP contribution in [0.2, 0.25) is 0 Å². The van der Waals surface area contributed by atoms with Crippen molar-refractivity contribution in [1.82, 2.24) is 10.4 Å². The van der Waals surface area contributed by atoms with E-state index in [0.29, 0.717) is 43.7 Å². The van der Waals surface area contributed by atoms with E-state index in [0.717, 1.165) is 54.4 Å². The molecule has 3 aromatic carbocycles. The van der Waals surface area contributed by atoms with Crippen LogP contribution in [-0.2, 0) is 9.53 Å². The van der Waals surface area contributed by atoms with Crippen molar-refractivity contribution < 1.29 is 33.0 Å². The third kappa shape index (κ3) is 8.04. The molecule has 2 aliphatic heterocycles. The van der Waals surface area contributed by atoms with Gasteiger partial charge in [0, 0.05) is 60.8 Å². The lowest BCUT2D eigenvalue weighted by Gasteiger charge is -2.37. The first-order chi connectivity index (χ1) is 22.2. The Bertz CT molecular complexity index is 1450. The van der Waals surface area contributed by atoms with Crippen LogP contribution in [0.3, 0.4) is 0 Å². The molecule has 0 radical (unpaired) electrons. The van der Waals surface area contributed by atoms with E-state index in [2.05, 4.69) is 20.5 Å². The van der Waals surface area contributed by atoms with Crippen molar-refractivity contribution in [2.45, 2.75) is 44.9 Å².